The van der Waals surface area contributed by atoms with Crippen LogP contribution in [0.15, 0.2) is 47.1 Å². The fourth-order valence-corrected chi connectivity index (χ4v) is 2.79. The number of furan rings is 1. The van der Waals surface area contributed by atoms with Gasteiger partial charge in [-0.1, -0.05) is 12.1 Å². The Morgan fingerprint density at radius 2 is 2.04 bits per heavy atom. The molecule has 0 spiro atoms. The highest BCUT2D eigenvalue weighted by atomic mass is 16.5. The van der Waals surface area contributed by atoms with Crippen LogP contribution in [0.3, 0.4) is 0 Å². The Labute approximate surface area is 156 Å². The number of ether oxygens (including phenoxy) is 1. The molecule has 1 unspecified atom stereocenters. The van der Waals surface area contributed by atoms with Gasteiger partial charge in [-0.25, -0.2) is 4.79 Å². The van der Waals surface area contributed by atoms with Gasteiger partial charge in [0, 0.05) is 13.0 Å². The Morgan fingerprint density at radius 1 is 1.26 bits per heavy atom. The Bertz CT molecular complexity index is 801. The number of imide groups is 1. The molecule has 3 rings (SSSR count). The van der Waals surface area contributed by atoms with Crippen LogP contribution in [0.5, 0.6) is 5.75 Å². The van der Waals surface area contributed by atoms with Gasteiger partial charge < -0.3 is 19.8 Å². The van der Waals surface area contributed by atoms with E-state index in [0.29, 0.717) is 12.3 Å². The van der Waals surface area contributed by atoms with Crippen molar-refractivity contribution in [1.29, 1.82) is 0 Å². The molecule has 1 aliphatic heterocycles. The molecule has 2 N–H and O–H groups in total. The van der Waals surface area contributed by atoms with Crippen LogP contribution in [0.1, 0.15) is 24.2 Å². The minimum Gasteiger partial charge on any atom is -0.497 e. The van der Waals surface area contributed by atoms with E-state index in [1.54, 1.807) is 19.2 Å². The lowest BCUT2D eigenvalue weighted by Crippen LogP contribution is -2.32. The summed E-state index contributed by atoms with van der Waals surface area (Å²) in [7, 11) is 1.59. The maximum Gasteiger partial charge on any atom is 0.325 e. The van der Waals surface area contributed by atoms with Crippen molar-refractivity contribution >= 4 is 17.8 Å². The third-order valence-electron chi connectivity index (χ3n) is 4.31. The van der Waals surface area contributed by atoms with Crippen LogP contribution >= 0.6 is 0 Å². The molecule has 1 aromatic carbocycles. The van der Waals surface area contributed by atoms with E-state index in [4.69, 9.17) is 9.15 Å². The van der Waals surface area contributed by atoms with Crippen molar-refractivity contribution in [3.63, 3.8) is 0 Å². The van der Waals surface area contributed by atoms with E-state index >= 15 is 0 Å². The summed E-state index contributed by atoms with van der Waals surface area (Å²) in [6.45, 7) is 0.469. The third-order valence-corrected chi connectivity index (χ3v) is 4.31. The summed E-state index contributed by atoms with van der Waals surface area (Å²) in [4.78, 5) is 37.5. The summed E-state index contributed by atoms with van der Waals surface area (Å²) in [6.07, 6.45) is 1.87. The average Bonchev–Trinajstić information content (AvgIpc) is 3.29. The van der Waals surface area contributed by atoms with Gasteiger partial charge >= 0.3 is 6.03 Å². The molecule has 1 aliphatic rings. The number of urea groups is 1. The standard InChI is InChI=1S/C19H21N3O5/c1-26-14-6-4-13(5-7-14)11-20-17(23)9-8-16-18(24)22(19(25)21-16)12-15-3-2-10-27-15/h2-7,10,16H,8-9,11-12H2,1H3,(H,20,23)(H,21,25). The van der Waals surface area contributed by atoms with Crippen molar-refractivity contribution in [2.45, 2.75) is 32.0 Å². The predicted molar refractivity (Wildman–Crippen MR) is 95.7 cm³/mol. The number of nitrogens with zero attached hydrogens (tertiary/aromatic N) is 1. The van der Waals surface area contributed by atoms with Gasteiger partial charge in [0.1, 0.15) is 17.6 Å². The number of amides is 4. The first-order valence-electron chi connectivity index (χ1n) is 8.60. The van der Waals surface area contributed by atoms with E-state index in [1.807, 2.05) is 24.3 Å². The molecule has 0 bridgehead atoms. The van der Waals surface area contributed by atoms with Crippen LogP contribution in [0.25, 0.3) is 0 Å². The molecule has 0 radical (unpaired) electrons. The van der Waals surface area contributed by atoms with Gasteiger partial charge in [-0.15, -0.1) is 0 Å². The number of rotatable bonds is 8. The van der Waals surface area contributed by atoms with Gasteiger partial charge in [-0.2, -0.15) is 0 Å². The second kappa shape index (κ2) is 8.39. The predicted octanol–water partition coefficient (Wildman–Crippen LogP) is 1.81. The number of hydrogen-bond acceptors (Lipinski definition) is 5. The van der Waals surface area contributed by atoms with Crippen molar-refractivity contribution in [2.75, 3.05) is 7.11 Å². The highest BCUT2D eigenvalue weighted by molar-refractivity contribution is 6.04. The fraction of sp³-hybridized carbons (Fsp3) is 0.316. The largest absolute Gasteiger partial charge is 0.497 e. The first-order chi connectivity index (χ1) is 13.1. The van der Waals surface area contributed by atoms with E-state index in [1.165, 1.54) is 6.26 Å². The molecule has 1 atom stereocenters. The molecule has 0 saturated carbocycles. The maximum atomic E-state index is 12.4. The monoisotopic (exact) mass is 371 g/mol. The SMILES string of the molecule is COc1ccc(CNC(=O)CCC2NC(=O)N(Cc3ccco3)C2=O)cc1. The van der Waals surface area contributed by atoms with E-state index in [9.17, 15) is 14.4 Å². The Kier molecular flexibility index (Phi) is 5.75. The van der Waals surface area contributed by atoms with E-state index in [2.05, 4.69) is 10.6 Å². The minimum absolute atomic E-state index is 0.0812. The van der Waals surface area contributed by atoms with Gasteiger partial charge in [0.05, 0.1) is 19.9 Å². The smallest absolute Gasteiger partial charge is 0.325 e. The molecule has 142 valence electrons. The average molecular weight is 371 g/mol. The number of carbonyl (C=O) groups is 3. The zero-order valence-electron chi connectivity index (χ0n) is 14.9. The molecule has 0 aliphatic carbocycles. The molecule has 2 aromatic rings. The summed E-state index contributed by atoms with van der Waals surface area (Å²) in [6, 6.07) is 9.60. The Hall–Kier alpha value is -3.29. The lowest BCUT2D eigenvalue weighted by molar-refractivity contribution is -0.128. The lowest BCUT2D eigenvalue weighted by atomic mass is 10.1. The summed E-state index contributed by atoms with van der Waals surface area (Å²) in [5.41, 5.74) is 0.944. The van der Waals surface area contributed by atoms with E-state index in [-0.39, 0.29) is 31.2 Å². The van der Waals surface area contributed by atoms with E-state index in [0.717, 1.165) is 16.2 Å². The Balaban J connectivity index is 1.44. The summed E-state index contributed by atoms with van der Waals surface area (Å²) >= 11 is 0. The molecular formula is C19H21N3O5. The lowest BCUT2D eigenvalue weighted by Gasteiger charge is -2.11. The molecule has 8 heteroatoms. The number of carbonyl (C=O) groups excluding carboxylic acids is 3. The summed E-state index contributed by atoms with van der Waals surface area (Å²) in [5, 5.41) is 5.41. The number of hydrogen-bond donors (Lipinski definition) is 2. The molecule has 1 fully saturated rings. The molecule has 8 nitrogen and oxygen atoms in total. The van der Waals surface area contributed by atoms with Gasteiger partial charge in [-0.3, -0.25) is 14.5 Å². The molecule has 2 heterocycles. The van der Waals surface area contributed by atoms with Gasteiger partial charge in [0.15, 0.2) is 0 Å². The number of methoxy groups -OCH3 is 1. The molecule has 4 amide bonds. The summed E-state index contributed by atoms with van der Waals surface area (Å²) in [5.74, 6) is 0.743. The maximum absolute atomic E-state index is 12.4. The van der Waals surface area contributed by atoms with Crippen molar-refractivity contribution in [2.24, 2.45) is 0 Å². The quantitative estimate of drug-likeness (QED) is 0.689. The second-order valence-corrected chi connectivity index (χ2v) is 6.17. The summed E-state index contributed by atoms with van der Waals surface area (Å²) < 4.78 is 10.3. The molecule has 27 heavy (non-hydrogen) atoms. The van der Waals surface area contributed by atoms with Crippen LogP contribution < -0.4 is 15.4 Å². The number of nitrogens with one attached hydrogen (secondary N) is 2. The molecule has 1 saturated heterocycles. The third kappa shape index (κ3) is 4.66. The highest BCUT2D eigenvalue weighted by Crippen LogP contribution is 2.15. The number of benzene rings is 1. The second-order valence-electron chi connectivity index (χ2n) is 6.17. The van der Waals surface area contributed by atoms with Crippen LogP contribution in [0, 0.1) is 0 Å². The Morgan fingerprint density at radius 3 is 2.70 bits per heavy atom. The van der Waals surface area contributed by atoms with Crippen LogP contribution in [0.4, 0.5) is 4.79 Å². The zero-order chi connectivity index (χ0) is 19.2. The van der Waals surface area contributed by atoms with Gasteiger partial charge in [0.25, 0.3) is 5.91 Å². The van der Waals surface area contributed by atoms with Gasteiger partial charge in [-0.05, 0) is 36.2 Å². The van der Waals surface area contributed by atoms with Crippen molar-refractivity contribution < 1.29 is 23.5 Å². The van der Waals surface area contributed by atoms with Crippen molar-refractivity contribution in [3.05, 3.63) is 54.0 Å². The highest BCUT2D eigenvalue weighted by Gasteiger charge is 2.38. The molecule has 1 aromatic heterocycles. The van der Waals surface area contributed by atoms with Crippen LogP contribution in [-0.2, 0) is 22.7 Å². The topological polar surface area (TPSA) is 101 Å². The molecular weight excluding hydrogens is 350 g/mol. The first kappa shape index (κ1) is 18.5. The van der Waals surface area contributed by atoms with Crippen molar-refractivity contribution in [3.8, 4) is 5.75 Å². The zero-order valence-corrected chi connectivity index (χ0v) is 14.9. The van der Waals surface area contributed by atoms with Crippen molar-refractivity contribution in [1.82, 2.24) is 15.5 Å². The normalized spacial score (nSPS) is 16.3. The van der Waals surface area contributed by atoms with Crippen LogP contribution in [0.2, 0.25) is 0 Å². The fourth-order valence-electron chi connectivity index (χ4n) is 2.79. The van der Waals surface area contributed by atoms with E-state index < -0.39 is 12.1 Å². The first-order valence-corrected chi connectivity index (χ1v) is 8.60. The minimum atomic E-state index is -0.695. The van der Waals surface area contributed by atoms with Gasteiger partial charge in [0.2, 0.25) is 5.91 Å². The van der Waals surface area contributed by atoms with Crippen LogP contribution in [-0.4, -0.2) is 35.9 Å².